The fraction of sp³-hybridized carbons (Fsp3) is 0.0323. The van der Waals surface area contributed by atoms with Crippen LogP contribution < -0.4 is 16.0 Å². The van der Waals surface area contributed by atoms with Crippen LogP contribution in [-0.2, 0) is 9.59 Å². The first kappa shape index (κ1) is 28.9. The predicted molar refractivity (Wildman–Crippen MR) is 168 cm³/mol. The Kier molecular flexibility index (Phi) is 9.50. The average molecular weight is 615 g/mol. The molecular weight excluding hydrogens is 592 g/mol. The number of furan rings is 1. The van der Waals surface area contributed by atoms with E-state index in [4.69, 9.17) is 16.0 Å². The molecule has 0 spiro atoms. The molecule has 5 aromatic rings. The van der Waals surface area contributed by atoms with E-state index in [0.29, 0.717) is 27.2 Å². The summed E-state index contributed by atoms with van der Waals surface area (Å²) in [5.41, 5.74) is 2.64. The van der Waals surface area contributed by atoms with Gasteiger partial charge >= 0.3 is 0 Å². The summed E-state index contributed by atoms with van der Waals surface area (Å²) in [5.74, 6) is -0.526. The van der Waals surface area contributed by atoms with Gasteiger partial charge < -0.3 is 20.4 Å². The molecule has 3 aromatic carbocycles. The summed E-state index contributed by atoms with van der Waals surface area (Å²) in [6, 6.07) is 26.4. The number of halogens is 1. The molecule has 0 aliphatic carbocycles. The van der Waals surface area contributed by atoms with Crippen molar-refractivity contribution in [3.63, 3.8) is 0 Å². The highest BCUT2D eigenvalue weighted by atomic mass is 35.5. The summed E-state index contributed by atoms with van der Waals surface area (Å²) in [6.07, 6.45) is 2.94. The molecule has 0 radical (unpaired) electrons. The van der Waals surface area contributed by atoms with Crippen molar-refractivity contribution in [2.75, 3.05) is 16.4 Å². The standard InChI is InChI=1S/C31H23ClN4O4S2/c32-22-10-8-20(9-11-22)27-18-42-31(35-27)36-28(37)19-41-25-14-12-23(13-15-25)33-30(39)26(17-24-7-4-16-40-24)34-29(38)21-5-2-1-3-6-21/h1-18H,19H2,(H,33,39)(H,34,38)(H,35,36,37)/b26-17-. The van der Waals surface area contributed by atoms with Gasteiger partial charge in [0.15, 0.2) is 5.13 Å². The zero-order valence-corrected chi connectivity index (χ0v) is 24.3. The van der Waals surface area contributed by atoms with E-state index in [-0.39, 0.29) is 17.4 Å². The lowest BCUT2D eigenvalue weighted by atomic mass is 10.2. The number of nitrogens with one attached hydrogen (secondary N) is 3. The van der Waals surface area contributed by atoms with Crippen LogP contribution in [0.1, 0.15) is 16.1 Å². The second-order valence-corrected chi connectivity index (χ2v) is 11.1. The third kappa shape index (κ3) is 7.97. The molecule has 0 saturated heterocycles. The van der Waals surface area contributed by atoms with Crippen LogP contribution in [-0.4, -0.2) is 28.5 Å². The van der Waals surface area contributed by atoms with Gasteiger partial charge in [-0.3, -0.25) is 14.4 Å². The van der Waals surface area contributed by atoms with Crippen molar-refractivity contribution < 1.29 is 18.8 Å². The molecule has 5 rings (SSSR count). The molecule has 3 amide bonds. The van der Waals surface area contributed by atoms with E-state index in [1.807, 2.05) is 17.5 Å². The lowest BCUT2D eigenvalue weighted by Gasteiger charge is -2.11. The number of aromatic nitrogens is 1. The quantitative estimate of drug-likeness (QED) is 0.113. The topological polar surface area (TPSA) is 113 Å². The first-order chi connectivity index (χ1) is 20.4. The minimum absolute atomic E-state index is 0.0235. The van der Waals surface area contributed by atoms with Crippen molar-refractivity contribution >= 4 is 69.3 Å². The molecule has 0 saturated carbocycles. The number of rotatable bonds is 10. The molecule has 0 atom stereocenters. The molecular formula is C31H23ClN4O4S2. The normalized spacial score (nSPS) is 11.1. The van der Waals surface area contributed by atoms with Gasteiger partial charge in [0.1, 0.15) is 11.5 Å². The Bertz CT molecular complexity index is 1700. The van der Waals surface area contributed by atoms with Crippen LogP contribution in [0.2, 0.25) is 5.02 Å². The van der Waals surface area contributed by atoms with E-state index in [1.165, 1.54) is 35.4 Å². The summed E-state index contributed by atoms with van der Waals surface area (Å²) in [7, 11) is 0. The second kappa shape index (κ2) is 13.8. The first-order valence-corrected chi connectivity index (χ1v) is 14.8. The summed E-state index contributed by atoms with van der Waals surface area (Å²) in [4.78, 5) is 43.6. The average Bonchev–Trinajstić information content (AvgIpc) is 3.70. The summed E-state index contributed by atoms with van der Waals surface area (Å²) in [5, 5.41) is 11.3. The molecule has 0 fully saturated rings. The number of anilines is 2. The predicted octanol–water partition coefficient (Wildman–Crippen LogP) is 7.20. The van der Waals surface area contributed by atoms with Crippen molar-refractivity contribution in [2.45, 2.75) is 4.90 Å². The molecule has 2 heterocycles. The summed E-state index contributed by atoms with van der Waals surface area (Å²) in [6.45, 7) is 0. The van der Waals surface area contributed by atoms with Crippen molar-refractivity contribution in [1.82, 2.24) is 10.3 Å². The lowest BCUT2D eigenvalue weighted by molar-refractivity contribution is -0.114. The number of hydrogen-bond donors (Lipinski definition) is 3. The van der Waals surface area contributed by atoms with Gasteiger partial charge in [-0.1, -0.05) is 41.9 Å². The molecule has 210 valence electrons. The summed E-state index contributed by atoms with van der Waals surface area (Å²) >= 11 is 8.65. The van der Waals surface area contributed by atoms with Crippen molar-refractivity contribution in [1.29, 1.82) is 0 Å². The molecule has 0 bridgehead atoms. The molecule has 2 aromatic heterocycles. The molecule has 42 heavy (non-hydrogen) atoms. The number of carbonyl (C=O) groups is 3. The number of benzene rings is 3. The smallest absolute Gasteiger partial charge is 0.272 e. The largest absolute Gasteiger partial charge is 0.465 e. The Hall–Kier alpha value is -4.64. The summed E-state index contributed by atoms with van der Waals surface area (Å²) < 4.78 is 5.33. The van der Waals surface area contributed by atoms with Gasteiger partial charge in [-0.15, -0.1) is 23.1 Å². The van der Waals surface area contributed by atoms with Crippen LogP contribution in [0.5, 0.6) is 0 Å². The first-order valence-electron chi connectivity index (χ1n) is 12.6. The molecule has 0 unspecified atom stereocenters. The van der Waals surface area contributed by atoms with Gasteiger partial charge in [0.05, 0.1) is 17.7 Å². The highest BCUT2D eigenvalue weighted by Gasteiger charge is 2.16. The Labute approximate surface area is 254 Å². The van der Waals surface area contributed by atoms with Gasteiger partial charge in [0, 0.05) is 38.2 Å². The van der Waals surface area contributed by atoms with E-state index >= 15 is 0 Å². The lowest BCUT2D eigenvalue weighted by Crippen LogP contribution is -2.30. The van der Waals surface area contributed by atoms with Gasteiger partial charge in [0.25, 0.3) is 11.8 Å². The van der Waals surface area contributed by atoms with Gasteiger partial charge in [-0.05, 0) is 60.7 Å². The maximum absolute atomic E-state index is 13.1. The van der Waals surface area contributed by atoms with Crippen LogP contribution in [0.4, 0.5) is 10.8 Å². The number of carbonyl (C=O) groups excluding carboxylic acids is 3. The number of thiazole rings is 1. The number of nitrogens with zero attached hydrogens (tertiary/aromatic N) is 1. The van der Waals surface area contributed by atoms with E-state index in [1.54, 1.807) is 78.9 Å². The monoisotopic (exact) mass is 614 g/mol. The fourth-order valence-electron chi connectivity index (χ4n) is 3.68. The van der Waals surface area contributed by atoms with Crippen LogP contribution >= 0.6 is 34.7 Å². The zero-order valence-electron chi connectivity index (χ0n) is 21.9. The van der Waals surface area contributed by atoms with E-state index in [2.05, 4.69) is 20.9 Å². The molecule has 8 nitrogen and oxygen atoms in total. The Morgan fingerprint density at radius 3 is 2.38 bits per heavy atom. The molecule has 11 heteroatoms. The minimum Gasteiger partial charge on any atom is -0.465 e. The minimum atomic E-state index is -0.517. The van der Waals surface area contributed by atoms with Crippen LogP contribution in [0.3, 0.4) is 0 Å². The van der Waals surface area contributed by atoms with E-state index < -0.39 is 11.8 Å². The van der Waals surface area contributed by atoms with Crippen LogP contribution in [0.15, 0.2) is 118 Å². The second-order valence-electron chi connectivity index (χ2n) is 8.75. The molecule has 0 aliphatic heterocycles. The van der Waals surface area contributed by atoms with Crippen LogP contribution in [0, 0.1) is 0 Å². The van der Waals surface area contributed by atoms with Gasteiger partial charge in [-0.2, -0.15) is 0 Å². The van der Waals surface area contributed by atoms with Crippen LogP contribution in [0.25, 0.3) is 17.3 Å². The number of thioether (sulfide) groups is 1. The Morgan fingerprint density at radius 1 is 0.905 bits per heavy atom. The Balaban J connectivity index is 1.15. The molecule has 3 N–H and O–H groups in total. The maximum atomic E-state index is 13.1. The SMILES string of the molecule is O=C(CSc1ccc(NC(=O)/C(=C/c2ccco2)NC(=O)c2ccccc2)cc1)Nc1nc(-c2ccc(Cl)cc2)cs1. The highest BCUT2D eigenvalue weighted by Crippen LogP contribution is 2.27. The van der Waals surface area contributed by atoms with Gasteiger partial charge in [-0.25, -0.2) is 4.98 Å². The van der Waals surface area contributed by atoms with Gasteiger partial charge in [0.2, 0.25) is 5.91 Å². The zero-order chi connectivity index (χ0) is 29.3. The van der Waals surface area contributed by atoms with E-state index in [0.717, 1.165) is 16.2 Å². The third-order valence-electron chi connectivity index (χ3n) is 5.73. The van der Waals surface area contributed by atoms with Crippen molar-refractivity contribution in [3.8, 4) is 11.3 Å². The van der Waals surface area contributed by atoms with Crippen molar-refractivity contribution in [3.05, 3.63) is 125 Å². The Morgan fingerprint density at radius 2 is 1.67 bits per heavy atom. The maximum Gasteiger partial charge on any atom is 0.272 e. The number of amides is 3. The van der Waals surface area contributed by atoms with E-state index in [9.17, 15) is 14.4 Å². The molecule has 0 aliphatic rings. The fourth-order valence-corrected chi connectivity index (χ4v) is 5.24. The number of hydrogen-bond acceptors (Lipinski definition) is 7. The third-order valence-corrected chi connectivity index (χ3v) is 7.75. The van der Waals surface area contributed by atoms with Crippen molar-refractivity contribution in [2.24, 2.45) is 0 Å². The highest BCUT2D eigenvalue weighted by molar-refractivity contribution is 8.00.